The first-order chi connectivity index (χ1) is 17.1. The lowest BCUT2D eigenvalue weighted by molar-refractivity contribution is -0.130. The first kappa shape index (κ1) is 29.0. The summed E-state index contributed by atoms with van der Waals surface area (Å²) in [5.74, 6) is 0.532. The van der Waals surface area contributed by atoms with Crippen molar-refractivity contribution in [2.24, 2.45) is 0 Å². The van der Waals surface area contributed by atoms with Gasteiger partial charge in [-0.25, -0.2) is 8.51 Å². The lowest BCUT2D eigenvalue weighted by Gasteiger charge is -2.33. The number of benzene rings is 2. The summed E-state index contributed by atoms with van der Waals surface area (Å²) < 4.78 is 14.4. The highest BCUT2D eigenvalue weighted by Crippen LogP contribution is 2.19. The van der Waals surface area contributed by atoms with Gasteiger partial charge in [-0.2, -0.15) is 0 Å². The highest BCUT2D eigenvalue weighted by Gasteiger charge is 2.23. The lowest BCUT2D eigenvalue weighted by Crippen LogP contribution is -2.48. The quantitative estimate of drug-likeness (QED) is 0.426. The molecule has 3 rings (SSSR count). The molecule has 2 aromatic rings. The van der Waals surface area contributed by atoms with Crippen LogP contribution in [0.4, 0.5) is 0 Å². The zero-order chi connectivity index (χ0) is 26.7. The fourth-order valence-electron chi connectivity index (χ4n) is 3.54. The van der Waals surface area contributed by atoms with Crippen LogP contribution in [-0.2, 0) is 27.1 Å². The molecule has 0 aliphatic carbocycles. The smallest absolute Gasteiger partial charge is 0.219 e. The minimum atomic E-state index is -1.12. The van der Waals surface area contributed by atoms with E-state index in [4.69, 9.17) is 5.11 Å². The van der Waals surface area contributed by atoms with Crippen molar-refractivity contribution in [1.82, 2.24) is 14.5 Å². The highest BCUT2D eigenvalue weighted by molar-refractivity contribution is 7.82. The molecule has 0 spiro atoms. The third-order valence-electron chi connectivity index (χ3n) is 5.81. The van der Waals surface area contributed by atoms with Gasteiger partial charge in [0.2, 0.25) is 11.8 Å². The zero-order valence-corrected chi connectivity index (χ0v) is 22.4. The van der Waals surface area contributed by atoms with Crippen molar-refractivity contribution in [1.29, 1.82) is 0 Å². The predicted octanol–water partition coefficient (Wildman–Crippen LogP) is 4.40. The Morgan fingerprint density at radius 3 is 2.08 bits per heavy atom. The van der Waals surface area contributed by atoms with Crippen LogP contribution in [0.2, 0.25) is 0 Å². The summed E-state index contributed by atoms with van der Waals surface area (Å²) in [6.07, 6.45) is 2.50. The van der Waals surface area contributed by atoms with Gasteiger partial charge >= 0.3 is 0 Å². The van der Waals surface area contributed by atoms with E-state index in [2.05, 4.69) is 25.7 Å². The molecule has 0 bridgehead atoms. The minimum Gasteiger partial charge on any atom is -0.516 e. The van der Waals surface area contributed by atoms with Gasteiger partial charge in [-0.1, -0.05) is 56.8 Å². The van der Waals surface area contributed by atoms with Gasteiger partial charge in [0.25, 0.3) is 0 Å². The average Bonchev–Trinajstić information content (AvgIpc) is 2.88. The fraction of sp³-hybridized carbons (Fsp3) is 0.357. The van der Waals surface area contributed by atoms with E-state index in [-0.39, 0.29) is 11.8 Å². The largest absolute Gasteiger partial charge is 0.516 e. The zero-order valence-electron chi connectivity index (χ0n) is 21.6. The number of hydrogen-bond donors (Lipinski definition) is 2. The van der Waals surface area contributed by atoms with Gasteiger partial charge in [0.1, 0.15) is 11.0 Å². The molecule has 2 N–H and O–H groups in total. The van der Waals surface area contributed by atoms with E-state index >= 15 is 0 Å². The van der Waals surface area contributed by atoms with Crippen molar-refractivity contribution >= 4 is 28.4 Å². The normalized spacial score (nSPS) is 14.8. The standard InChI is InChI=1S/C15H22N2O2S.C13H15NO2/c1-12(2)14-4-6-15(7-5-14)20(19)17-10-8-16(9-11-17)13(3)18;1-10(7-8-15)13-5-3-12(4-6-13)9-14-11(2)16/h4-7,12H,8-11H2,1-3H3;3-8,15H,1,9H2,2H3,(H,14,16)/b;8-7-. The Balaban J connectivity index is 0.000000261. The van der Waals surface area contributed by atoms with Crippen LogP contribution in [0, 0.1) is 0 Å². The lowest BCUT2D eigenvalue weighted by atomic mass is 10.0. The molecule has 0 aromatic heterocycles. The number of carbonyl (C=O) groups is 2. The molecule has 194 valence electrons. The van der Waals surface area contributed by atoms with Crippen LogP contribution < -0.4 is 5.32 Å². The maximum absolute atomic E-state index is 12.5. The van der Waals surface area contributed by atoms with E-state index < -0.39 is 11.0 Å². The van der Waals surface area contributed by atoms with E-state index in [9.17, 15) is 13.8 Å². The van der Waals surface area contributed by atoms with E-state index in [0.717, 1.165) is 27.9 Å². The Bertz CT molecular complexity index is 1070. The summed E-state index contributed by atoms with van der Waals surface area (Å²) in [5, 5.41) is 11.3. The average molecular weight is 512 g/mol. The summed E-state index contributed by atoms with van der Waals surface area (Å²) >= 11 is 0. The van der Waals surface area contributed by atoms with Crippen LogP contribution in [0.1, 0.15) is 50.3 Å². The van der Waals surface area contributed by atoms with Crippen molar-refractivity contribution in [3.05, 3.63) is 84.1 Å². The first-order valence-corrected chi connectivity index (χ1v) is 13.1. The molecule has 8 heteroatoms. The number of piperazine rings is 1. The van der Waals surface area contributed by atoms with E-state index in [1.165, 1.54) is 18.6 Å². The first-order valence-electron chi connectivity index (χ1n) is 12.0. The molecule has 36 heavy (non-hydrogen) atoms. The van der Waals surface area contributed by atoms with E-state index in [0.29, 0.717) is 38.6 Å². The van der Waals surface area contributed by atoms with Crippen LogP contribution in [-0.4, -0.2) is 56.5 Å². The van der Waals surface area contributed by atoms with E-state index in [1.807, 2.05) is 52.8 Å². The number of hydrogen-bond acceptors (Lipinski definition) is 4. The van der Waals surface area contributed by atoms with Crippen molar-refractivity contribution in [3.8, 4) is 0 Å². The maximum atomic E-state index is 12.5. The SMILES string of the molecule is C=C(/C=C\O)c1ccc(CNC(C)=O)cc1.CC(=O)N1CCN(S(=O)c2ccc(C(C)C)cc2)CC1. The molecule has 1 heterocycles. The number of allylic oxidation sites excluding steroid dienone is 2. The molecule has 2 amide bonds. The Morgan fingerprint density at radius 1 is 1.03 bits per heavy atom. The Kier molecular flexibility index (Phi) is 11.6. The summed E-state index contributed by atoms with van der Waals surface area (Å²) in [5.41, 5.74) is 3.97. The highest BCUT2D eigenvalue weighted by atomic mass is 32.2. The second-order valence-electron chi connectivity index (χ2n) is 8.86. The third kappa shape index (κ3) is 9.09. The monoisotopic (exact) mass is 511 g/mol. The van der Waals surface area contributed by atoms with Crippen molar-refractivity contribution in [2.75, 3.05) is 26.2 Å². The molecule has 1 aliphatic heterocycles. The number of nitrogens with one attached hydrogen (secondary N) is 1. The molecular weight excluding hydrogens is 474 g/mol. The summed E-state index contributed by atoms with van der Waals surface area (Å²) in [4.78, 5) is 24.6. The summed E-state index contributed by atoms with van der Waals surface area (Å²) in [6, 6.07) is 15.6. The van der Waals surface area contributed by atoms with Crippen LogP contribution in [0.3, 0.4) is 0 Å². The number of rotatable bonds is 7. The molecule has 1 unspecified atom stereocenters. The molecule has 0 radical (unpaired) electrons. The summed E-state index contributed by atoms with van der Waals surface area (Å²) in [7, 11) is -1.12. The van der Waals surface area contributed by atoms with Gasteiger partial charge in [0.15, 0.2) is 0 Å². The van der Waals surface area contributed by atoms with Crippen molar-refractivity contribution < 1.29 is 18.9 Å². The van der Waals surface area contributed by atoms with Gasteiger partial charge in [-0.05, 0) is 46.4 Å². The van der Waals surface area contributed by atoms with Gasteiger partial charge in [-0.15, -0.1) is 0 Å². The predicted molar refractivity (Wildman–Crippen MR) is 146 cm³/mol. The Morgan fingerprint density at radius 2 is 1.61 bits per heavy atom. The number of amides is 2. The fourth-order valence-corrected chi connectivity index (χ4v) is 4.70. The molecular formula is C28H37N3O4S. The molecule has 1 atom stereocenters. The van der Waals surface area contributed by atoms with Gasteiger partial charge in [0, 0.05) is 46.6 Å². The summed E-state index contributed by atoms with van der Waals surface area (Å²) in [6.45, 7) is 14.3. The Labute approximate surface area is 217 Å². The van der Waals surface area contributed by atoms with Crippen molar-refractivity contribution in [2.45, 2.75) is 45.1 Å². The Hall–Kier alpha value is -3.23. The number of carbonyl (C=O) groups excluding carboxylic acids is 2. The number of aliphatic hydroxyl groups excluding tert-OH is 1. The maximum Gasteiger partial charge on any atom is 0.219 e. The second-order valence-corrected chi connectivity index (χ2v) is 10.3. The van der Waals surface area contributed by atoms with Gasteiger partial charge < -0.3 is 15.3 Å². The molecule has 1 aliphatic rings. The van der Waals surface area contributed by atoms with Gasteiger partial charge in [0.05, 0.1) is 11.2 Å². The van der Waals surface area contributed by atoms with Crippen LogP contribution in [0.15, 0.2) is 72.3 Å². The van der Waals surface area contributed by atoms with Crippen LogP contribution in [0.25, 0.3) is 5.57 Å². The van der Waals surface area contributed by atoms with E-state index in [1.54, 1.807) is 11.8 Å². The van der Waals surface area contributed by atoms with Crippen molar-refractivity contribution in [3.63, 3.8) is 0 Å². The van der Waals surface area contributed by atoms with Gasteiger partial charge in [-0.3, -0.25) is 9.59 Å². The topological polar surface area (TPSA) is 89.9 Å². The van der Waals surface area contributed by atoms with Crippen LogP contribution >= 0.6 is 0 Å². The number of nitrogens with zero attached hydrogens (tertiary/aromatic N) is 2. The van der Waals surface area contributed by atoms with Crippen LogP contribution in [0.5, 0.6) is 0 Å². The molecule has 1 saturated heterocycles. The third-order valence-corrected chi connectivity index (χ3v) is 7.32. The second kappa shape index (κ2) is 14.4. The minimum absolute atomic E-state index is 0.0447. The molecule has 7 nitrogen and oxygen atoms in total. The number of aliphatic hydroxyl groups is 1. The molecule has 2 aromatic carbocycles. The molecule has 1 fully saturated rings. The molecule has 0 saturated carbocycles.